The average Bonchev–Trinajstić information content (AvgIpc) is 3.07. The van der Waals surface area contributed by atoms with Gasteiger partial charge in [-0.2, -0.15) is 0 Å². The summed E-state index contributed by atoms with van der Waals surface area (Å²) < 4.78 is 1.82. The van der Waals surface area contributed by atoms with Gasteiger partial charge >= 0.3 is 0 Å². The number of anilines is 1. The number of hydrogen-bond acceptors (Lipinski definition) is 4. The first-order valence-corrected chi connectivity index (χ1v) is 9.91. The van der Waals surface area contributed by atoms with Gasteiger partial charge in [-0.25, -0.2) is 9.97 Å². The standard InChI is InChI=1S/C21H13Cl3N4O2/c22-13-5-3-12(4-6-13)10-28-11-16(15-2-1-7-25-20(15)28)19(29)21(30)26-14-8-17(23)27-18(24)9-14/h1-9,11H,10H2,(H,26,27,30). The molecule has 0 radical (unpaired) electrons. The second-order valence-electron chi connectivity index (χ2n) is 6.46. The topological polar surface area (TPSA) is 76.9 Å². The van der Waals surface area contributed by atoms with E-state index in [-0.39, 0.29) is 21.6 Å². The van der Waals surface area contributed by atoms with Gasteiger partial charge in [-0.15, -0.1) is 0 Å². The maximum atomic E-state index is 12.9. The Kier molecular flexibility index (Phi) is 5.72. The lowest BCUT2D eigenvalue weighted by Gasteiger charge is -2.05. The van der Waals surface area contributed by atoms with Crippen molar-refractivity contribution in [1.82, 2.24) is 14.5 Å². The molecule has 0 aliphatic carbocycles. The van der Waals surface area contributed by atoms with E-state index in [0.29, 0.717) is 22.6 Å². The van der Waals surface area contributed by atoms with Gasteiger partial charge in [0, 0.05) is 35.0 Å². The number of ketones is 1. The molecule has 0 bridgehead atoms. The fourth-order valence-corrected chi connectivity index (χ4v) is 3.64. The fraction of sp³-hybridized carbons (Fsp3) is 0.0476. The van der Waals surface area contributed by atoms with Crippen LogP contribution in [0.15, 0.2) is 60.9 Å². The Balaban J connectivity index is 1.65. The predicted molar refractivity (Wildman–Crippen MR) is 118 cm³/mol. The summed E-state index contributed by atoms with van der Waals surface area (Å²) in [4.78, 5) is 33.6. The number of amides is 1. The minimum Gasteiger partial charge on any atom is -0.327 e. The van der Waals surface area contributed by atoms with Gasteiger partial charge in [-0.05, 0) is 42.0 Å². The van der Waals surface area contributed by atoms with Gasteiger partial charge < -0.3 is 9.88 Å². The first kappa shape index (κ1) is 20.3. The molecule has 3 aromatic heterocycles. The van der Waals surface area contributed by atoms with Crippen LogP contribution < -0.4 is 5.32 Å². The van der Waals surface area contributed by atoms with Crippen LogP contribution >= 0.6 is 34.8 Å². The molecule has 30 heavy (non-hydrogen) atoms. The molecule has 4 rings (SSSR count). The third-order valence-electron chi connectivity index (χ3n) is 4.37. The number of fused-ring (bicyclic) bond motifs is 1. The summed E-state index contributed by atoms with van der Waals surface area (Å²) in [5.74, 6) is -1.52. The van der Waals surface area contributed by atoms with E-state index in [2.05, 4.69) is 15.3 Å². The van der Waals surface area contributed by atoms with Gasteiger partial charge in [0.05, 0.1) is 5.56 Å². The van der Waals surface area contributed by atoms with Crippen molar-refractivity contribution >= 4 is 63.2 Å². The lowest BCUT2D eigenvalue weighted by molar-refractivity contribution is -0.112. The summed E-state index contributed by atoms with van der Waals surface area (Å²) in [7, 11) is 0. The first-order chi connectivity index (χ1) is 14.4. The maximum absolute atomic E-state index is 12.9. The lowest BCUT2D eigenvalue weighted by atomic mass is 10.1. The molecule has 0 atom stereocenters. The summed E-state index contributed by atoms with van der Waals surface area (Å²) in [6, 6.07) is 13.6. The molecule has 3 heterocycles. The van der Waals surface area contributed by atoms with Crippen LogP contribution in [-0.2, 0) is 11.3 Å². The average molecular weight is 460 g/mol. The zero-order chi connectivity index (χ0) is 21.3. The number of halogens is 3. The van der Waals surface area contributed by atoms with Gasteiger partial charge in [-0.3, -0.25) is 9.59 Å². The van der Waals surface area contributed by atoms with E-state index in [1.807, 2.05) is 16.7 Å². The zero-order valence-corrected chi connectivity index (χ0v) is 17.5. The Hall–Kier alpha value is -2.93. The normalized spacial score (nSPS) is 10.9. The number of pyridine rings is 2. The van der Waals surface area contributed by atoms with Crippen LogP contribution in [0, 0.1) is 0 Å². The molecule has 1 N–H and O–H groups in total. The Morgan fingerprint density at radius 1 is 1.00 bits per heavy atom. The number of nitrogens with zero attached hydrogens (tertiary/aromatic N) is 3. The molecule has 0 aliphatic heterocycles. The highest BCUT2D eigenvalue weighted by Gasteiger charge is 2.22. The molecule has 0 fully saturated rings. The summed E-state index contributed by atoms with van der Waals surface area (Å²) in [6.45, 7) is 0.467. The first-order valence-electron chi connectivity index (χ1n) is 8.78. The van der Waals surface area contributed by atoms with Crippen molar-refractivity contribution < 1.29 is 9.59 Å². The largest absolute Gasteiger partial charge is 0.327 e. The third kappa shape index (κ3) is 4.31. The van der Waals surface area contributed by atoms with Crippen molar-refractivity contribution in [2.45, 2.75) is 6.54 Å². The van der Waals surface area contributed by atoms with Crippen LogP contribution in [0.4, 0.5) is 5.69 Å². The van der Waals surface area contributed by atoms with Gasteiger partial charge in [-0.1, -0.05) is 46.9 Å². The highest BCUT2D eigenvalue weighted by atomic mass is 35.5. The number of carbonyl (C=O) groups excluding carboxylic acids is 2. The Morgan fingerprint density at radius 2 is 1.70 bits per heavy atom. The zero-order valence-electron chi connectivity index (χ0n) is 15.3. The van der Waals surface area contributed by atoms with Crippen molar-refractivity contribution in [3.63, 3.8) is 0 Å². The summed E-state index contributed by atoms with van der Waals surface area (Å²) in [5, 5.41) is 3.94. The van der Waals surface area contributed by atoms with Crippen molar-refractivity contribution in [1.29, 1.82) is 0 Å². The van der Waals surface area contributed by atoms with Gasteiger partial charge in [0.2, 0.25) is 0 Å². The second-order valence-corrected chi connectivity index (χ2v) is 7.67. The van der Waals surface area contributed by atoms with Crippen LogP contribution in [0.3, 0.4) is 0 Å². The summed E-state index contributed by atoms with van der Waals surface area (Å²) in [5.41, 5.74) is 2.10. The van der Waals surface area contributed by atoms with E-state index >= 15 is 0 Å². The molecule has 6 nitrogen and oxygen atoms in total. The van der Waals surface area contributed by atoms with Gasteiger partial charge in [0.15, 0.2) is 0 Å². The van der Waals surface area contributed by atoms with Crippen LogP contribution in [-0.4, -0.2) is 26.2 Å². The third-order valence-corrected chi connectivity index (χ3v) is 5.01. The van der Waals surface area contributed by atoms with Gasteiger partial charge in [0.1, 0.15) is 16.0 Å². The molecule has 0 saturated heterocycles. The highest BCUT2D eigenvalue weighted by Crippen LogP contribution is 2.23. The second kappa shape index (κ2) is 8.44. The van der Waals surface area contributed by atoms with Crippen LogP contribution in [0.2, 0.25) is 15.3 Å². The highest BCUT2D eigenvalue weighted by molar-refractivity contribution is 6.48. The van der Waals surface area contributed by atoms with Gasteiger partial charge in [0.25, 0.3) is 11.7 Å². The Morgan fingerprint density at radius 3 is 2.40 bits per heavy atom. The molecule has 0 unspecified atom stereocenters. The SMILES string of the molecule is O=C(Nc1cc(Cl)nc(Cl)c1)C(=O)c1cn(Cc2ccc(Cl)cc2)c2ncccc12. The smallest absolute Gasteiger partial charge is 0.296 e. The minimum absolute atomic E-state index is 0.106. The monoisotopic (exact) mass is 458 g/mol. The van der Waals surface area contributed by atoms with Crippen molar-refractivity contribution in [3.8, 4) is 0 Å². The molecule has 4 aromatic rings. The minimum atomic E-state index is -0.817. The number of carbonyl (C=O) groups is 2. The molecular weight excluding hydrogens is 447 g/mol. The Bertz CT molecular complexity index is 1250. The van der Waals surface area contributed by atoms with E-state index in [1.54, 1.807) is 36.7 Å². The molecule has 150 valence electrons. The van der Waals surface area contributed by atoms with Crippen molar-refractivity contribution in [2.24, 2.45) is 0 Å². The van der Waals surface area contributed by atoms with E-state index in [0.717, 1.165) is 5.56 Å². The number of nitrogens with one attached hydrogen (secondary N) is 1. The predicted octanol–water partition coefficient (Wildman–Crippen LogP) is 5.26. The molecule has 1 aromatic carbocycles. The van der Waals surface area contributed by atoms with Crippen LogP contribution in [0.1, 0.15) is 15.9 Å². The molecule has 0 spiro atoms. The van der Waals surface area contributed by atoms with Crippen molar-refractivity contribution in [2.75, 3.05) is 5.32 Å². The molecule has 0 aliphatic rings. The molecule has 0 saturated carbocycles. The van der Waals surface area contributed by atoms with E-state index < -0.39 is 11.7 Å². The van der Waals surface area contributed by atoms with Crippen molar-refractivity contribution in [3.05, 3.63) is 87.4 Å². The Labute approximate surface area is 186 Å². The summed E-state index contributed by atoms with van der Waals surface area (Å²) >= 11 is 17.6. The van der Waals surface area contributed by atoms with Crippen LogP contribution in [0.5, 0.6) is 0 Å². The molecule has 9 heteroatoms. The van der Waals surface area contributed by atoms with E-state index in [4.69, 9.17) is 34.8 Å². The number of Topliss-reactive ketones (excluding diaryl/α,β-unsaturated/α-hetero) is 1. The maximum Gasteiger partial charge on any atom is 0.296 e. The van der Waals surface area contributed by atoms with Crippen LogP contribution in [0.25, 0.3) is 11.0 Å². The lowest BCUT2D eigenvalue weighted by Crippen LogP contribution is -2.22. The fourth-order valence-electron chi connectivity index (χ4n) is 3.06. The quantitative estimate of drug-likeness (QED) is 0.251. The van der Waals surface area contributed by atoms with E-state index in [9.17, 15) is 9.59 Å². The number of benzene rings is 1. The summed E-state index contributed by atoms with van der Waals surface area (Å²) in [6.07, 6.45) is 3.26. The number of aromatic nitrogens is 3. The molecule has 1 amide bonds. The molecular formula is C21H13Cl3N4O2. The number of rotatable bonds is 5. The van der Waals surface area contributed by atoms with E-state index in [1.165, 1.54) is 12.1 Å². The number of hydrogen-bond donors (Lipinski definition) is 1.